The fourth-order valence-corrected chi connectivity index (χ4v) is 7.83. The lowest BCUT2D eigenvalue weighted by molar-refractivity contribution is -0.149. The van der Waals surface area contributed by atoms with Crippen molar-refractivity contribution in [2.24, 2.45) is 0 Å². The van der Waals surface area contributed by atoms with Gasteiger partial charge in [-0.1, -0.05) is 197 Å². The van der Waals surface area contributed by atoms with E-state index in [-0.39, 0.29) is 16.5 Å². The monoisotopic (exact) mass is 950 g/mol. The van der Waals surface area contributed by atoms with E-state index < -0.39 is 12.1 Å². The number of hydrogen-bond donors (Lipinski definition) is 1. The Morgan fingerprint density at radius 3 is 1.54 bits per heavy atom. The van der Waals surface area contributed by atoms with Gasteiger partial charge < -0.3 is 28.4 Å². The highest BCUT2D eigenvalue weighted by Crippen LogP contribution is 2.43. The van der Waals surface area contributed by atoms with E-state index in [0.717, 1.165) is 57.1 Å². The molecule has 0 bridgehead atoms. The van der Waals surface area contributed by atoms with E-state index in [1.54, 1.807) is 12.1 Å². The van der Waals surface area contributed by atoms with Crippen LogP contribution in [0.25, 0.3) is 44.5 Å². The number of carbonyl (C=O) groups is 2. The second-order valence-corrected chi connectivity index (χ2v) is 15.9. The molecular weight excluding hydrogens is 907 g/mol. The number of aromatic nitrogens is 2. The Morgan fingerprint density at radius 2 is 1.06 bits per heavy atom. The first-order chi connectivity index (χ1) is 30.6. The van der Waals surface area contributed by atoms with Gasteiger partial charge in [-0.05, 0) is 30.5 Å². The molecule has 324 valence electrons. The first kappa shape index (κ1) is 46.4. The predicted molar refractivity (Wildman–Crippen MR) is 251 cm³/mol. The number of phenolic OH excluding ortho intramolecular Hbond substituents is 1. The molecule has 2 unspecified atom stereocenters. The lowest BCUT2D eigenvalue weighted by atomic mass is 10.0. The van der Waals surface area contributed by atoms with Gasteiger partial charge >= 0.3 is 11.9 Å². The van der Waals surface area contributed by atoms with Gasteiger partial charge in [-0.3, -0.25) is 4.79 Å². The molecule has 1 N–H and O–H groups in total. The molecule has 0 aliphatic rings. The third kappa shape index (κ3) is 10.9. The number of carbonyl (C=O) groups excluding carboxylic acids is 2. The smallest absolute Gasteiger partial charge is 0.351 e. The zero-order valence-electron chi connectivity index (χ0n) is 35.0. The molecule has 6 aromatic carbocycles. The molecule has 0 spiro atoms. The van der Waals surface area contributed by atoms with Crippen LogP contribution in [0.3, 0.4) is 0 Å². The Kier molecular flexibility index (Phi) is 16.4. The number of aromatic hydroxyl groups is 1. The number of esters is 2. The molecule has 13 heteroatoms. The molecule has 0 aliphatic carbocycles. The molecule has 2 heterocycles. The topological polar surface area (TPSA) is 134 Å². The van der Waals surface area contributed by atoms with Gasteiger partial charge in [0.15, 0.2) is 11.2 Å². The molecule has 0 amide bonds. The number of hydrogen-bond acceptors (Lipinski definition) is 10. The molecule has 2 atom stereocenters. The Hall–Kier alpha value is -6.14. The van der Waals surface area contributed by atoms with Crippen molar-refractivity contribution in [3.05, 3.63) is 166 Å². The molecule has 0 radical (unpaired) electrons. The number of methoxy groups -OCH3 is 2. The van der Waals surface area contributed by atoms with E-state index in [1.807, 2.05) is 128 Å². The van der Waals surface area contributed by atoms with Crippen molar-refractivity contribution in [3.63, 3.8) is 0 Å². The summed E-state index contributed by atoms with van der Waals surface area (Å²) in [5.74, 6) is -0.281. The number of fused-ring (bicyclic) bond motifs is 2. The van der Waals surface area contributed by atoms with E-state index in [1.165, 1.54) is 14.2 Å². The first-order valence-electron chi connectivity index (χ1n) is 20.2. The van der Waals surface area contributed by atoms with Crippen molar-refractivity contribution < 1.29 is 38.0 Å². The average molecular weight is 953 g/mol. The highest BCUT2D eigenvalue weighted by atomic mass is 79.9. The summed E-state index contributed by atoms with van der Waals surface area (Å²) in [5, 5.41) is 20.9. The highest BCUT2D eigenvalue weighted by Gasteiger charge is 2.28. The number of rotatable bonds is 12. The largest absolute Gasteiger partial charge is 0.506 e. The number of halogens is 3. The van der Waals surface area contributed by atoms with Crippen molar-refractivity contribution in [2.45, 2.75) is 50.5 Å². The van der Waals surface area contributed by atoms with Crippen molar-refractivity contribution in [2.75, 3.05) is 14.2 Å². The quantitative estimate of drug-likeness (QED) is 0.0931. The zero-order valence-corrected chi connectivity index (χ0v) is 38.1. The summed E-state index contributed by atoms with van der Waals surface area (Å²) in [6.07, 6.45) is 2.13. The number of nitrogens with zero attached hydrogens (tertiary/aromatic N) is 2. The summed E-state index contributed by atoms with van der Waals surface area (Å²) in [6, 6.07) is 41.7. The lowest BCUT2D eigenvalue weighted by Crippen LogP contribution is -2.21. The minimum absolute atomic E-state index is 0.0942. The van der Waals surface area contributed by atoms with Crippen LogP contribution >= 0.6 is 39.1 Å². The maximum atomic E-state index is 12.5. The summed E-state index contributed by atoms with van der Waals surface area (Å²) in [5.41, 5.74) is 7.69. The summed E-state index contributed by atoms with van der Waals surface area (Å²) in [7, 11) is 2.71. The highest BCUT2D eigenvalue weighted by molar-refractivity contribution is 9.09. The first-order valence-corrected chi connectivity index (χ1v) is 21.9. The van der Waals surface area contributed by atoms with Crippen LogP contribution in [0.5, 0.6) is 11.5 Å². The second kappa shape index (κ2) is 22.3. The summed E-state index contributed by atoms with van der Waals surface area (Å²) in [6.45, 7) is 4.10. The van der Waals surface area contributed by atoms with Gasteiger partial charge in [0.25, 0.3) is 0 Å². The Labute approximate surface area is 383 Å². The van der Waals surface area contributed by atoms with Crippen molar-refractivity contribution in [1.29, 1.82) is 0 Å². The molecule has 63 heavy (non-hydrogen) atoms. The molecule has 2 aromatic heterocycles. The van der Waals surface area contributed by atoms with Crippen LogP contribution < -0.4 is 4.74 Å². The van der Waals surface area contributed by atoms with E-state index in [0.29, 0.717) is 51.1 Å². The van der Waals surface area contributed by atoms with E-state index in [2.05, 4.69) is 37.9 Å². The number of alkyl halides is 1. The standard InChI is InChI=1S/C25H22ClNO4.C16H14ClNO2.C9H9BrO2/c1-3-10-18-23-19(21(27-31-23)16-11-6-4-7-12-16)15-20(26)24(18)30-22(25(28)29-2)17-13-8-5-9-14-17;1-2-6-11-15(19)13(17)9-12-14(18-20-16(11)12)10-7-4-3-5-8-10;1-12-9(11)8(10)7-5-3-2-4-6-7/h4-9,11-15,22H,3,10H2,1-2H3;3-5,7-9,19H,2,6H2,1H3;2-6,8H,1H3. The molecule has 0 fully saturated rings. The minimum Gasteiger partial charge on any atom is -0.506 e. The molecule has 8 rings (SSSR count). The van der Waals surface area contributed by atoms with Gasteiger partial charge in [-0.2, -0.15) is 0 Å². The number of benzene rings is 6. The van der Waals surface area contributed by atoms with Crippen molar-refractivity contribution in [1.82, 2.24) is 10.3 Å². The van der Waals surface area contributed by atoms with Crippen LogP contribution in [0.2, 0.25) is 10.0 Å². The summed E-state index contributed by atoms with van der Waals surface area (Å²) in [4.78, 5) is 23.2. The zero-order chi connectivity index (χ0) is 44.9. The molecular formula is C50H45BrCl2N2O8. The van der Waals surface area contributed by atoms with Crippen molar-refractivity contribution >= 4 is 73.0 Å². The molecule has 8 aromatic rings. The maximum Gasteiger partial charge on any atom is 0.351 e. The fraction of sp³-hybridized carbons (Fsp3) is 0.200. The van der Waals surface area contributed by atoms with Gasteiger partial charge in [-0.15, -0.1) is 0 Å². The van der Waals surface area contributed by atoms with Gasteiger partial charge in [0.05, 0.1) is 35.0 Å². The van der Waals surface area contributed by atoms with Gasteiger partial charge in [0.1, 0.15) is 27.7 Å². The van der Waals surface area contributed by atoms with Crippen LogP contribution in [0.15, 0.2) is 143 Å². The van der Waals surface area contributed by atoms with Crippen molar-refractivity contribution in [3.8, 4) is 34.0 Å². The lowest BCUT2D eigenvalue weighted by Gasteiger charge is -2.20. The van der Waals surface area contributed by atoms with E-state index in [9.17, 15) is 14.7 Å². The molecule has 10 nitrogen and oxygen atoms in total. The SMILES string of the molecule is CCCc1c(O)c(Cl)cc2c(-c3ccccc3)noc12.CCCc1c(OC(C(=O)OC)c2ccccc2)c(Cl)cc2c(-c3ccccc3)noc12.COC(=O)C(Br)c1ccccc1. The van der Waals surface area contributed by atoms with Crippen LogP contribution in [0.1, 0.15) is 59.9 Å². The Balaban J connectivity index is 0.000000176. The number of phenols is 1. The normalized spacial score (nSPS) is 11.7. The van der Waals surface area contributed by atoms with Gasteiger partial charge in [-0.25, -0.2) is 4.79 Å². The summed E-state index contributed by atoms with van der Waals surface area (Å²) >= 11 is 16.1. The molecule has 0 saturated carbocycles. The molecule has 0 aliphatic heterocycles. The van der Waals surface area contributed by atoms with Crippen LogP contribution in [0, 0.1) is 0 Å². The Morgan fingerprint density at radius 1 is 0.635 bits per heavy atom. The average Bonchev–Trinajstić information content (AvgIpc) is 3.95. The summed E-state index contributed by atoms with van der Waals surface area (Å²) < 4.78 is 27.0. The third-order valence-corrected chi connectivity index (χ3v) is 11.4. The van der Waals surface area contributed by atoms with Crippen LogP contribution in [-0.4, -0.2) is 41.6 Å². The van der Waals surface area contributed by atoms with Crippen LogP contribution in [0.4, 0.5) is 0 Å². The van der Waals surface area contributed by atoms with Crippen LogP contribution in [-0.2, 0) is 31.9 Å². The second-order valence-electron chi connectivity index (χ2n) is 14.1. The Bertz CT molecular complexity index is 2750. The number of aryl methyl sites for hydroxylation is 2. The fourth-order valence-electron chi connectivity index (χ4n) is 6.85. The predicted octanol–water partition coefficient (Wildman–Crippen LogP) is 13.5. The third-order valence-electron chi connectivity index (χ3n) is 9.90. The van der Waals surface area contributed by atoms with E-state index >= 15 is 0 Å². The molecule has 0 saturated heterocycles. The number of ether oxygens (including phenoxy) is 3. The van der Waals surface area contributed by atoms with Gasteiger partial charge in [0, 0.05) is 27.8 Å². The van der Waals surface area contributed by atoms with Gasteiger partial charge in [0.2, 0.25) is 6.10 Å². The van der Waals surface area contributed by atoms with E-state index in [4.69, 9.17) is 41.7 Å². The minimum atomic E-state index is -0.951. The maximum absolute atomic E-state index is 12.5.